The Labute approximate surface area is 162 Å². The van der Waals surface area contributed by atoms with Gasteiger partial charge in [0, 0.05) is 29.6 Å². The minimum atomic E-state index is -3.91. The number of hydrogen-bond donors (Lipinski definition) is 1. The number of benzene rings is 1. The standard InChI is InChI=1S/C18H20ClN3O4S/c1-11-18(12(2)21(3)20-11)27(25,26)22-15(5-4-6-17(23)24)10-13-9-14(19)7-8-16(13)22/h7-10H,4-6H2,1-3H3,(H,23,24). The second kappa shape index (κ2) is 7.01. The van der Waals surface area contributed by atoms with Crippen LogP contribution in [-0.4, -0.2) is 33.2 Å². The molecule has 0 unspecified atom stereocenters. The van der Waals surface area contributed by atoms with Gasteiger partial charge < -0.3 is 5.11 Å². The van der Waals surface area contributed by atoms with Crippen LogP contribution in [0.15, 0.2) is 29.2 Å². The van der Waals surface area contributed by atoms with Crippen LogP contribution in [0.1, 0.15) is 29.9 Å². The van der Waals surface area contributed by atoms with Crippen LogP contribution in [0.4, 0.5) is 0 Å². The van der Waals surface area contributed by atoms with Crippen LogP contribution in [0.5, 0.6) is 0 Å². The van der Waals surface area contributed by atoms with Crippen molar-refractivity contribution in [2.75, 3.05) is 0 Å². The highest BCUT2D eigenvalue weighted by Gasteiger charge is 2.29. The van der Waals surface area contributed by atoms with Crippen LogP contribution in [0, 0.1) is 13.8 Å². The molecule has 9 heteroatoms. The van der Waals surface area contributed by atoms with Gasteiger partial charge in [-0.2, -0.15) is 5.10 Å². The molecule has 2 aromatic heterocycles. The molecule has 0 atom stereocenters. The molecular weight excluding hydrogens is 390 g/mol. The predicted molar refractivity (Wildman–Crippen MR) is 103 cm³/mol. The summed E-state index contributed by atoms with van der Waals surface area (Å²) in [7, 11) is -2.22. The van der Waals surface area contributed by atoms with E-state index in [0.29, 0.717) is 45.8 Å². The number of aromatic nitrogens is 3. The highest BCUT2D eigenvalue weighted by molar-refractivity contribution is 7.90. The lowest BCUT2D eigenvalue weighted by atomic mass is 10.2. The summed E-state index contributed by atoms with van der Waals surface area (Å²) in [6.07, 6.45) is 0.614. The Morgan fingerprint density at radius 1 is 1.26 bits per heavy atom. The molecule has 27 heavy (non-hydrogen) atoms. The van der Waals surface area contributed by atoms with Gasteiger partial charge in [-0.3, -0.25) is 9.48 Å². The van der Waals surface area contributed by atoms with Crippen LogP contribution >= 0.6 is 11.6 Å². The summed E-state index contributed by atoms with van der Waals surface area (Å²) >= 11 is 6.06. The fourth-order valence-electron chi connectivity index (χ4n) is 3.32. The molecule has 0 radical (unpaired) electrons. The maximum Gasteiger partial charge on any atom is 0.303 e. The Bertz CT molecular complexity index is 1150. The van der Waals surface area contributed by atoms with E-state index in [1.807, 2.05) is 0 Å². The zero-order valence-electron chi connectivity index (χ0n) is 15.2. The maximum absolute atomic E-state index is 13.5. The van der Waals surface area contributed by atoms with Gasteiger partial charge in [0.15, 0.2) is 0 Å². The number of rotatable bonds is 6. The smallest absolute Gasteiger partial charge is 0.303 e. The van der Waals surface area contributed by atoms with Crippen molar-refractivity contribution >= 4 is 38.5 Å². The quantitative estimate of drug-likeness (QED) is 0.674. The van der Waals surface area contributed by atoms with Crippen molar-refractivity contribution in [1.82, 2.24) is 13.8 Å². The first-order valence-electron chi connectivity index (χ1n) is 8.40. The molecule has 1 N–H and O–H groups in total. The predicted octanol–water partition coefficient (Wildman–Crippen LogP) is 3.29. The Kier molecular flexibility index (Phi) is 5.05. The average Bonchev–Trinajstić information content (AvgIpc) is 3.04. The van der Waals surface area contributed by atoms with E-state index in [-0.39, 0.29) is 11.3 Å². The van der Waals surface area contributed by atoms with Gasteiger partial charge >= 0.3 is 5.97 Å². The van der Waals surface area contributed by atoms with E-state index >= 15 is 0 Å². The topological polar surface area (TPSA) is 94.2 Å². The van der Waals surface area contributed by atoms with E-state index < -0.39 is 16.0 Å². The summed E-state index contributed by atoms with van der Waals surface area (Å²) in [4.78, 5) is 11.0. The van der Waals surface area contributed by atoms with Crippen molar-refractivity contribution in [3.8, 4) is 0 Å². The van der Waals surface area contributed by atoms with Gasteiger partial charge in [-0.25, -0.2) is 12.4 Å². The number of aryl methyl sites for hydroxylation is 3. The molecule has 7 nitrogen and oxygen atoms in total. The Balaban J connectivity index is 2.23. The SMILES string of the molecule is Cc1nn(C)c(C)c1S(=O)(=O)n1c(CCCC(=O)O)cc2cc(Cl)ccc21. The van der Waals surface area contributed by atoms with Gasteiger partial charge in [-0.05, 0) is 51.0 Å². The van der Waals surface area contributed by atoms with Crippen LogP contribution in [0.2, 0.25) is 5.02 Å². The highest BCUT2D eigenvalue weighted by atomic mass is 35.5. The third-order valence-electron chi connectivity index (χ3n) is 4.56. The second-order valence-electron chi connectivity index (χ2n) is 6.48. The molecule has 0 saturated carbocycles. The molecule has 0 aliphatic rings. The number of carboxylic acids is 1. The van der Waals surface area contributed by atoms with Crippen molar-refractivity contribution in [1.29, 1.82) is 0 Å². The first-order valence-corrected chi connectivity index (χ1v) is 10.2. The van der Waals surface area contributed by atoms with Crippen molar-refractivity contribution in [3.05, 3.63) is 46.4 Å². The van der Waals surface area contributed by atoms with Crippen LogP contribution in [0.3, 0.4) is 0 Å². The summed E-state index contributed by atoms with van der Waals surface area (Å²) in [6.45, 7) is 3.37. The summed E-state index contributed by atoms with van der Waals surface area (Å²) < 4.78 is 29.9. The molecule has 0 saturated heterocycles. The summed E-state index contributed by atoms with van der Waals surface area (Å²) in [5, 5.41) is 14.3. The molecule has 0 spiro atoms. The number of halogens is 1. The molecule has 3 aromatic rings. The molecule has 0 aliphatic carbocycles. The average molecular weight is 410 g/mol. The van der Waals surface area contributed by atoms with E-state index in [9.17, 15) is 13.2 Å². The minimum absolute atomic E-state index is 0.0344. The minimum Gasteiger partial charge on any atom is -0.481 e. The largest absolute Gasteiger partial charge is 0.481 e. The van der Waals surface area contributed by atoms with E-state index in [4.69, 9.17) is 16.7 Å². The zero-order valence-corrected chi connectivity index (χ0v) is 16.8. The Morgan fingerprint density at radius 2 is 1.96 bits per heavy atom. The molecule has 2 heterocycles. The Hall–Kier alpha value is -2.32. The third kappa shape index (κ3) is 3.46. The Morgan fingerprint density at radius 3 is 2.56 bits per heavy atom. The molecule has 0 amide bonds. The number of fused-ring (bicyclic) bond motifs is 1. The third-order valence-corrected chi connectivity index (χ3v) is 6.81. The van der Waals surface area contributed by atoms with E-state index in [1.165, 1.54) is 8.65 Å². The maximum atomic E-state index is 13.5. The van der Waals surface area contributed by atoms with E-state index in [0.717, 1.165) is 0 Å². The van der Waals surface area contributed by atoms with Gasteiger partial charge in [-0.1, -0.05) is 11.6 Å². The normalized spacial score (nSPS) is 12.0. The van der Waals surface area contributed by atoms with Gasteiger partial charge in [-0.15, -0.1) is 0 Å². The number of aliphatic carboxylic acids is 1. The van der Waals surface area contributed by atoms with Crippen LogP contribution in [0.25, 0.3) is 10.9 Å². The lowest BCUT2D eigenvalue weighted by Gasteiger charge is -2.12. The zero-order chi connectivity index (χ0) is 19.9. The second-order valence-corrected chi connectivity index (χ2v) is 8.64. The summed E-state index contributed by atoms with van der Waals surface area (Å²) in [6, 6.07) is 6.76. The van der Waals surface area contributed by atoms with Crippen LogP contribution in [-0.2, 0) is 28.3 Å². The molecule has 0 aliphatic heterocycles. The first kappa shape index (κ1) is 19.4. The number of carboxylic acid groups (broad SMARTS) is 1. The first-order chi connectivity index (χ1) is 12.6. The molecule has 0 bridgehead atoms. The number of nitrogens with zero attached hydrogens (tertiary/aromatic N) is 3. The van der Waals surface area contributed by atoms with Gasteiger partial charge in [0.2, 0.25) is 0 Å². The van der Waals surface area contributed by atoms with Crippen molar-refractivity contribution in [2.45, 2.75) is 38.0 Å². The molecule has 1 aromatic carbocycles. The molecule has 144 valence electrons. The van der Waals surface area contributed by atoms with Crippen molar-refractivity contribution in [3.63, 3.8) is 0 Å². The lowest BCUT2D eigenvalue weighted by molar-refractivity contribution is -0.137. The lowest BCUT2D eigenvalue weighted by Crippen LogP contribution is -2.17. The fourth-order valence-corrected chi connectivity index (χ4v) is 5.48. The van der Waals surface area contributed by atoms with Crippen LogP contribution < -0.4 is 0 Å². The monoisotopic (exact) mass is 409 g/mol. The van der Waals surface area contributed by atoms with Gasteiger partial charge in [0.25, 0.3) is 10.0 Å². The van der Waals surface area contributed by atoms with Crippen molar-refractivity contribution in [2.24, 2.45) is 7.05 Å². The summed E-state index contributed by atoms with van der Waals surface area (Å²) in [5.41, 5.74) is 1.99. The van der Waals surface area contributed by atoms with E-state index in [1.54, 1.807) is 45.2 Å². The molecular formula is C18H20ClN3O4S. The number of hydrogen-bond acceptors (Lipinski definition) is 4. The fraction of sp³-hybridized carbons (Fsp3) is 0.333. The summed E-state index contributed by atoms with van der Waals surface area (Å²) in [5.74, 6) is -0.914. The van der Waals surface area contributed by atoms with E-state index in [2.05, 4.69) is 5.10 Å². The molecule has 0 fully saturated rings. The molecule has 3 rings (SSSR count). The van der Waals surface area contributed by atoms with Gasteiger partial charge in [0.05, 0.1) is 16.9 Å². The van der Waals surface area contributed by atoms with Gasteiger partial charge in [0.1, 0.15) is 4.90 Å². The number of carbonyl (C=O) groups is 1. The van der Waals surface area contributed by atoms with Crippen molar-refractivity contribution < 1.29 is 18.3 Å². The highest BCUT2D eigenvalue weighted by Crippen LogP contribution is 2.31.